The molecule has 2 aromatic rings. The topological polar surface area (TPSA) is 54.0 Å². The van der Waals surface area contributed by atoms with Gasteiger partial charge >= 0.3 is 0 Å². The van der Waals surface area contributed by atoms with Crippen LogP contribution in [0, 0.1) is 6.92 Å². The van der Waals surface area contributed by atoms with Crippen LogP contribution in [0.15, 0.2) is 18.2 Å². The number of nitrogens with zero attached hydrogens (tertiary/aromatic N) is 1. The molecule has 0 saturated carbocycles. The highest BCUT2D eigenvalue weighted by Crippen LogP contribution is 2.27. The molecule has 4 nitrogen and oxygen atoms in total. The summed E-state index contributed by atoms with van der Waals surface area (Å²) in [5.74, 6) is 0.0296. The number of anilines is 1. The van der Waals surface area contributed by atoms with Gasteiger partial charge in [0.05, 0.1) is 10.2 Å². The predicted molar refractivity (Wildman–Crippen MR) is 76.1 cm³/mol. The fraction of sp³-hybridized carbons (Fsp3) is 0.385. The third-order valence-corrected chi connectivity index (χ3v) is 3.63. The highest BCUT2D eigenvalue weighted by Gasteiger charge is 2.08. The van der Waals surface area contributed by atoms with Crippen LogP contribution in [0.5, 0.6) is 0 Å². The SMILES string of the molecule is CNCCCC(=O)Nc1nc2c(C)cccc2s1. The van der Waals surface area contributed by atoms with Gasteiger partial charge in [0, 0.05) is 6.42 Å². The van der Waals surface area contributed by atoms with Gasteiger partial charge in [-0.3, -0.25) is 4.79 Å². The standard InChI is InChI=1S/C13H17N3OS/c1-9-5-3-6-10-12(9)16-13(18-10)15-11(17)7-4-8-14-2/h3,5-6,14H,4,7-8H2,1-2H3,(H,15,16,17). The number of carbonyl (C=O) groups is 1. The normalized spacial score (nSPS) is 10.8. The van der Waals surface area contributed by atoms with E-state index >= 15 is 0 Å². The number of hydrogen-bond acceptors (Lipinski definition) is 4. The van der Waals surface area contributed by atoms with Gasteiger partial charge in [-0.05, 0) is 38.6 Å². The Morgan fingerprint density at radius 3 is 3.00 bits per heavy atom. The summed E-state index contributed by atoms with van der Waals surface area (Å²) in [6.07, 6.45) is 1.36. The maximum atomic E-state index is 11.7. The number of thiazole rings is 1. The number of benzene rings is 1. The van der Waals surface area contributed by atoms with Crippen LogP contribution in [0.4, 0.5) is 5.13 Å². The van der Waals surface area contributed by atoms with Crippen LogP contribution < -0.4 is 10.6 Å². The average Bonchev–Trinajstić information content (AvgIpc) is 2.73. The molecule has 0 atom stereocenters. The molecule has 0 bridgehead atoms. The summed E-state index contributed by atoms with van der Waals surface area (Å²) in [5, 5.41) is 6.57. The zero-order valence-electron chi connectivity index (χ0n) is 10.6. The van der Waals surface area contributed by atoms with Gasteiger partial charge in [0.25, 0.3) is 0 Å². The van der Waals surface area contributed by atoms with Crippen LogP contribution in [0.3, 0.4) is 0 Å². The van der Waals surface area contributed by atoms with Gasteiger partial charge in [-0.2, -0.15) is 0 Å². The van der Waals surface area contributed by atoms with E-state index in [4.69, 9.17) is 0 Å². The Morgan fingerprint density at radius 1 is 1.44 bits per heavy atom. The first-order valence-electron chi connectivity index (χ1n) is 6.01. The summed E-state index contributed by atoms with van der Waals surface area (Å²) in [5.41, 5.74) is 2.12. The number of amides is 1. The first kappa shape index (κ1) is 13.0. The molecule has 96 valence electrons. The van der Waals surface area contributed by atoms with Crippen LogP contribution in [0.25, 0.3) is 10.2 Å². The van der Waals surface area contributed by atoms with Crippen molar-refractivity contribution in [1.82, 2.24) is 10.3 Å². The molecule has 0 saturated heterocycles. The molecule has 0 aliphatic rings. The van der Waals surface area contributed by atoms with Crippen molar-refractivity contribution in [1.29, 1.82) is 0 Å². The second-order valence-electron chi connectivity index (χ2n) is 4.20. The van der Waals surface area contributed by atoms with Crippen molar-refractivity contribution < 1.29 is 4.79 Å². The highest BCUT2D eigenvalue weighted by molar-refractivity contribution is 7.22. The molecule has 18 heavy (non-hydrogen) atoms. The molecular weight excluding hydrogens is 246 g/mol. The largest absolute Gasteiger partial charge is 0.320 e. The lowest BCUT2D eigenvalue weighted by molar-refractivity contribution is -0.116. The van der Waals surface area contributed by atoms with Gasteiger partial charge in [0.2, 0.25) is 5.91 Å². The molecule has 1 aromatic carbocycles. The minimum atomic E-state index is 0.0296. The lowest BCUT2D eigenvalue weighted by atomic mass is 10.2. The van der Waals surface area contributed by atoms with Crippen LogP contribution in [-0.4, -0.2) is 24.5 Å². The van der Waals surface area contributed by atoms with Crippen LogP contribution in [0.2, 0.25) is 0 Å². The fourth-order valence-corrected chi connectivity index (χ4v) is 2.71. The second kappa shape index (κ2) is 5.93. The minimum Gasteiger partial charge on any atom is -0.320 e. The van der Waals surface area contributed by atoms with Gasteiger partial charge in [-0.25, -0.2) is 4.98 Å². The van der Waals surface area contributed by atoms with Gasteiger partial charge in [0.15, 0.2) is 5.13 Å². The Balaban J connectivity index is 2.03. The number of aromatic nitrogens is 1. The number of hydrogen-bond donors (Lipinski definition) is 2. The predicted octanol–water partition coefficient (Wildman–Crippen LogP) is 2.54. The van der Waals surface area contributed by atoms with Crippen molar-refractivity contribution in [2.45, 2.75) is 19.8 Å². The van der Waals surface area contributed by atoms with Crippen LogP contribution >= 0.6 is 11.3 Å². The van der Waals surface area contributed by atoms with Crippen molar-refractivity contribution in [3.63, 3.8) is 0 Å². The first-order chi connectivity index (χ1) is 8.70. The van der Waals surface area contributed by atoms with E-state index in [0.717, 1.165) is 28.7 Å². The van der Waals surface area contributed by atoms with Crippen LogP contribution in [-0.2, 0) is 4.79 Å². The smallest absolute Gasteiger partial charge is 0.226 e. The van der Waals surface area contributed by atoms with Gasteiger partial charge < -0.3 is 10.6 Å². The van der Waals surface area contributed by atoms with E-state index < -0.39 is 0 Å². The zero-order valence-corrected chi connectivity index (χ0v) is 11.4. The summed E-state index contributed by atoms with van der Waals surface area (Å²) in [4.78, 5) is 16.1. The molecular formula is C13H17N3OS. The molecule has 2 rings (SSSR count). The Bertz CT molecular complexity index is 550. The highest BCUT2D eigenvalue weighted by atomic mass is 32.1. The molecule has 0 spiro atoms. The molecule has 5 heteroatoms. The van der Waals surface area contributed by atoms with E-state index in [1.807, 2.05) is 32.2 Å². The van der Waals surface area contributed by atoms with E-state index in [9.17, 15) is 4.79 Å². The number of fused-ring (bicyclic) bond motifs is 1. The molecule has 1 amide bonds. The van der Waals surface area contributed by atoms with Crippen molar-refractivity contribution >= 4 is 32.6 Å². The third kappa shape index (κ3) is 3.05. The molecule has 0 unspecified atom stereocenters. The fourth-order valence-electron chi connectivity index (χ4n) is 1.75. The van der Waals surface area contributed by atoms with Crippen molar-refractivity contribution in [3.05, 3.63) is 23.8 Å². The monoisotopic (exact) mass is 263 g/mol. The quantitative estimate of drug-likeness (QED) is 0.815. The van der Waals surface area contributed by atoms with E-state index in [2.05, 4.69) is 15.6 Å². The minimum absolute atomic E-state index is 0.0296. The summed E-state index contributed by atoms with van der Waals surface area (Å²) in [6.45, 7) is 2.88. The van der Waals surface area contributed by atoms with Crippen molar-refractivity contribution in [2.75, 3.05) is 18.9 Å². The second-order valence-corrected chi connectivity index (χ2v) is 5.23. The average molecular weight is 263 g/mol. The Labute approximate surface area is 110 Å². The van der Waals surface area contributed by atoms with E-state index in [0.29, 0.717) is 11.6 Å². The molecule has 0 radical (unpaired) electrons. The molecule has 1 aromatic heterocycles. The lowest BCUT2D eigenvalue weighted by Gasteiger charge is -2.00. The first-order valence-corrected chi connectivity index (χ1v) is 6.83. The maximum Gasteiger partial charge on any atom is 0.226 e. The summed E-state index contributed by atoms with van der Waals surface area (Å²) >= 11 is 1.52. The third-order valence-electron chi connectivity index (χ3n) is 2.70. The van der Waals surface area contributed by atoms with Crippen molar-refractivity contribution in [3.8, 4) is 0 Å². The van der Waals surface area contributed by atoms with Gasteiger partial charge in [0.1, 0.15) is 0 Å². The Kier molecular flexibility index (Phi) is 4.28. The maximum absolute atomic E-state index is 11.7. The molecule has 1 heterocycles. The Hall–Kier alpha value is -1.46. The molecule has 2 N–H and O–H groups in total. The number of nitrogens with one attached hydrogen (secondary N) is 2. The number of para-hydroxylation sites is 1. The Morgan fingerprint density at radius 2 is 2.28 bits per heavy atom. The van der Waals surface area contributed by atoms with Gasteiger partial charge in [-0.1, -0.05) is 23.5 Å². The number of aryl methyl sites for hydroxylation is 1. The van der Waals surface area contributed by atoms with Gasteiger partial charge in [-0.15, -0.1) is 0 Å². The number of rotatable bonds is 5. The van der Waals surface area contributed by atoms with Crippen LogP contribution in [0.1, 0.15) is 18.4 Å². The number of carbonyl (C=O) groups excluding carboxylic acids is 1. The lowest BCUT2D eigenvalue weighted by Crippen LogP contribution is -2.15. The van der Waals surface area contributed by atoms with E-state index in [1.165, 1.54) is 11.3 Å². The zero-order chi connectivity index (χ0) is 13.0. The van der Waals surface area contributed by atoms with E-state index in [-0.39, 0.29) is 5.91 Å². The summed E-state index contributed by atoms with van der Waals surface area (Å²) < 4.78 is 1.11. The summed E-state index contributed by atoms with van der Waals surface area (Å²) in [7, 11) is 1.88. The molecule has 0 fully saturated rings. The summed E-state index contributed by atoms with van der Waals surface area (Å²) in [6, 6.07) is 6.06. The molecule has 0 aliphatic heterocycles. The van der Waals surface area contributed by atoms with E-state index in [1.54, 1.807) is 0 Å². The molecule has 0 aliphatic carbocycles. The van der Waals surface area contributed by atoms with Crippen molar-refractivity contribution in [2.24, 2.45) is 0 Å².